The first-order valence-electron chi connectivity index (χ1n) is 6.55. The molecule has 0 bridgehead atoms. The van der Waals surface area contributed by atoms with E-state index in [1.165, 1.54) is 5.56 Å². The molecule has 20 heavy (non-hydrogen) atoms. The number of pyridine rings is 1. The molecule has 1 heterocycles. The molecule has 0 aliphatic carbocycles. The molecule has 0 atom stereocenters. The fourth-order valence-corrected chi connectivity index (χ4v) is 2.04. The molecule has 1 aromatic carbocycles. The molecule has 0 fully saturated rings. The van der Waals surface area contributed by atoms with Gasteiger partial charge in [-0.3, -0.25) is 9.78 Å². The SMILES string of the molecule is CCC(=O)c1ccc(N(C)Cc2ccc(Cl)cc2)cn1. The minimum absolute atomic E-state index is 0.0666. The summed E-state index contributed by atoms with van der Waals surface area (Å²) in [5, 5.41) is 0.737. The number of benzene rings is 1. The molecule has 0 aliphatic heterocycles. The van der Waals surface area contributed by atoms with E-state index >= 15 is 0 Å². The number of carbonyl (C=O) groups excluding carboxylic acids is 1. The maximum atomic E-state index is 11.5. The van der Waals surface area contributed by atoms with Crippen molar-refractivity contribution in [2.24, 2.45) is 0 Å². The first-order chi connectivity index (χ1) is 9.60. The Morgan fingerprint density at radius 2 is 1.90 bits per heavy atom. The topological polar surface area (TPSA) is 33.2 Å². The van der Waals surface area contributed by atoms with Crippen molar-refractivity contribution in [2.75, 3.05) is 11.9 Å². The molecule has 4 heteroatoms. The minimum Gasteiger partial charge on any atom is -0.369 e. The van der Waals surface area contributed by atoms with Crippen molar-refractivity contribution >= 4 is 23.1 Å². The van der Waals surface area contributed by atoms with Crippen LogP contribution in [0.5, 0.6) is 0 Å². The summed E-state index contributed by atoms with van der Waals surface area (Å²) in [6.07, 6.45) is 2.21. The van der Waals surface area contributed by atoms with E-state index in [0.717, 1.165) is 17.3 Å². The molecule has 0 spiro atoms. The van der Waals surface area contributed by atoms with E-state index in [1.807, 2.05) is 44.3 Å². The highest BCUT2D eigenvalue weighted by Gasteiger charge is 2.07. The van der Waals surface area contributed by atoms with Gasteiger partial charge in [0.25, 0.3) is 0 Å². The van der Waals surface area contributed by atoms with Crippen molar-refractivity contribution in [1.29, 1.82) is 0 Å². The number of carbonyl (C=O) groups is 1. The summed E-state index contributed by atoms with van der Waals surface area (Å²) < 4.78 is 0. The molecule has 0 saturated heterocycles. The summed E-state index contributed by atoms with van der Waals surface area (Å²) in [6, 6.07) is 11.5. The van der Waals surface area contributed by atoms with Crippen molar-refractivity contribution in [2.45, 2.75) is 19.9 Å². The van der Waals surface area contributed by atoms with Crippen LogP contribution in [0.3, 0.4) is 0 Å². The van der Waals surface area contributed by atoms with Gasteiger partial charge in [-0.05, 0) is 29.8 Å². The normalized spacial score (nSPS) is 10.3. The van der Waals surface area contributed by atoms with E-state index in [0.29, 0.717) is 12.1 Å². The Hall–Kier alpha value is -1.87. The molecule has 104 valence electrons. The lowest BCUT2D eigenvalue weighted by Crippen LogP contribution is -2.16. The number of anilines is 1. The molecular formula is C16H17ClN2O. The van der Waals surface area contributed by atoms with Crippen LogP contribution in [0.25, 0.3) is 0 Å². The molecule has 0 N–H and O–H groups in total. The monoisotopic (exact) mass is 288 g/mol. The van der Waals surface area contributed by atoms with Crippen LogP contribution in [0, 0.1) is 0 Å². The lowest BCUT2D eigenvalue weighted by molar-refractivity contribution is 0.0983. The van der Waals surface area contributed by atoms with Gasteiger partial charge >= 0.3 is 0 Å². The Balaban J connectivity index is 2.07. The van der Waals surface area contributed by atoms with Crippen molar-refractivity contribution in [3.05, 3.63) is 58.9 Å². The van der Waals surface area contributed by atoms with E-state index in [1.54, 1.807) is 12.3 Å². The number of rotatable bonds is 5. The maximum Gasteiger partial charge on any atom is 0.180 e. The van der Waals surface area contributed by atoms with Gasteiger partial charge in [0.15, 0.2) is 5.78 Å². The first-order valence-corrected chi connectivity index (χ1v) is 6.92. The number of hydrogen-bond acceptors (Lipinski definition) is 3. The van der Waals surface area contributed by atoms with Crippen LogP contribution in [0.15, 0.2) is 42.6 Å². The number of nitrogens with zero attached hydrogens (tertiary/aromatic N) is 2. The van der Waals surface area contributed by atoms with Crippen LogP contribution in [-0.4, -0.2) is 17.8 Å². The number of aromatic nitrogens is 1. The zero-order valence-corrected chi connectivity index (χ0v) is 12.4. The van der Waals surface area contributed by atoms with Gasteiger partial charge in [-0.2, -0.15) is 0 Å². The second-order valence-electron chi connectivity index (χ2n) is 4.66. The first kappa shape index (κ1) is 14.5. The van der Waals surface area contributed by atoms with E-state index in [4.69, 9.17) is 11.6 Å². The minimum atomic E-state index is 0.0666. The average molecular weight is 289 g/mol. The van der Waals surface area contributed by atoms with Gasteiger partial charge in [0.2, 0.25) is 0 Å². The highest BCUT2D eigenvalue weighted by molar-refractivity contribution is 6.30. The fourth-order valence-electron chi connectivity index (χ4n) is 1.91. The zero-order chi connectivity index (χ0) is 14.5. The summed E-state index contributed by atoms with van der Waals surface area (Å²) >= 11 is 5.87. The number of hydrogen-bond donors (Lipinski definition) is 0. The molecule has 2 rings (SSSR count). The van der Waals surface area contributed by atoms with Gasteiger partial charge in [0.1, 0.15) is 5.69 Å². The molecule has 0 unspecified atom stereocenters. The highest BCUT2D eigenvalue weighted by atomic mass is 35.5. The molecule has 1 aromatic heterocycles. The molecule has 0 saturated carbocycles. The van der Waals surface area contributed by atoms with Crippen LogP contribution in [0.1, 0.15) is 29.4 Å². The number of halogens is 1. The summed E-state index contributed by atoms with van der Waals surface area (Å²) in [5.74, 6) is 0.0666. The molecule has 3 nitrogen and oxygen atoms in total. The predicted octanol–water partition coefficient (Wildman–Crippen LogP) is 3.96. The van der Waals surface area contributed by atoms with E-state index in [9.17, 15) is 4.79 Å². The van der Waals surface area contributed by atoms with Crippen LogP contribution < -0.4 is 4.90 Å². The lowest BCUT2D eigenvalue weighted by Gasteiger charge is -2.19. The van der Waals surface area contributed by atoms with Crippen LogP contribution >= 0.6 is 11.6 Å². The van der Waals surface area contributed by atoms with Crippen molar-refractivity contribution in [3.8, 4) is 0 Å². The quantitative estimate of drug-likeness (QED) is 0.781. The summed E-state index contributed by atoms with van der Waals surface area (Å²) in [7, 11) is 1.99. The van der Waals surface area contributed by atoms with E-state index < -0.39 is 0 Å². The van der Waals surface area contributed by atoms with Gasteiger partial charge in [-0.25, -0.2) is 0 Å². The van der Waals surface area contributed by atoms with Gasteiger partial charge in [-0.15, -0.1) is 0 Å². The average Bonchev–Trinajstić information content (AvgIpc) is 2.49. The summed E-state index contributed by atoms with van der Waals surface area (Å²) in [5.41, 5.74) is 2.68. The third kappa shape index (κ3) is 3.58. The Morgan fingerprint density at radius 1 is 1.20 bits per heavy atom. The van der Waals surface area contributed by atoms with Gasteiger partial charge in [0.05, 0.1) is 11.9 Å². The van der Waals surface area contributed by atoms with Crippen molar-refractivity contribution in [1.82, 2.24) is 4.98 Å². The lowest BCUT2D eigenvalue weighted by atomic mass is 10.2. The standard InChI is InChI=1S/C16H17ClN2O/c1-3-16(20)15-9-8-14(10-18-15)19(2)11-12-4-6-13(17)7-5-12/h4-10H,3,11H2,1-2H3. The predicted molar refractivity (Wildman–Crippen MR) is 82.4 cm³/mol. The Labute approximate surface area is 124 Å². The second-order valence-corrected chi connectivity index (χ2v) is 5.10. The smallest absolute Gasteiger partial charge is 0.180 e. The number of Topliss-reactive ketones (excluding diaryl/α,β-unsaturated/α-hetero) is 1. The Kier molecular flexibility index (Phi) is 4.74. The number of ketones is 1. The van der Waals surface area contributed by atoms with Gasteiger partial charge in [0, 0.05) is 25.0 Å². The third-order valence-electron chi connectivity index (χ3n) is 3.13. The Bertz CT molecular complexity index is 578. The maximum absolute atomic E-state index is 11.5. The second kappa shape index (κ2) is 6.53. The summed E-state index contributed by atoms with van der Waals surface area (Å²) in [6.45, 7) is 2.60. The Morgan fingerprint density at radius 3 is 2.45 bits per heavy atom. The van der Waals surface area contributed by atoms with Crippen LogP contribution in [0.4, 0.5) is 5.69 Å². The van der Waals surface area contributed by atoms with E-state index in [2.05, 4.69) is 9.88 Å². The van der Waals surface area contributed by atoms with E-state index in [-0.39, 0.29) is 5.78 Å². The van der Waals surface area contributed by atoms with Crippen LogP contribution in [-0.2, 0) is 6.54 Å². The van der Waals surface area contributed by atoms with Crippen molar-refractivity contribution in [3.63, 3.8) is 0 Å². The third-order valence-corrected chi connectivity index (χ3v) is 3.38. The largest absolute Gasteiger partial charge is 0.369 e. The molecule has 0 radical (unpaired) electrons. The van der Waals surface area contributed by atoms with Crippen molar-refractivity contribution < 1.29 is 4.79 Å². The molecular weight excluding hydrogens is 272 g/mol. The molecule has 0 amide bonds. The highest BCUT2D eigenvalue weighted by Crippen LogP contribution is 2.16. The fraction of sp³-hybridized carbons (Fsp3) is 0.250. The summed E-state index contributed by atoms with van der Waals surface area (Å²) in [4.78, 5) is 17.8. The zero-order valence-electron chi connectivity index (χ0n) is 11.6. The van der Waals surface area contributed by atoms with Crippen LogP contribution in [0.2, 0.25) is 5.02 Å². The molecule has 2 aromatic rings. The van der Waals surface area contributed by atoms with Gasteiger partial charge < -0.3 is 4.90 Å². The molecule has 0 aliphatic rings. The van der Waals surface area contributed by atoms with Gasteiger partial charge in [-0.1, -0.05) is 30.7 Å².